The number of hydrazine groups is 1. The number of hydrogen-bond acceptors (Lipinski definition) is 6. The molecule has 0 aliphatic carbocycles. The maximum Gasteiger partial charge on any atom is 0.342 e. The van der Waals surface area contributed by atoms with Gasteiger partial charge in [0, 0.05) is 0 Å². The van der Waals surface area contributed by atoms with Crippen LogP contribution in [0.15, 0.2) is 59.2 Å². The molecule has 0 saturated carbocycles. The van der Waals surface area contributed by atoms with Crippen LogP contribution in [0.2, 0.25) is 0 Å². The third-order valence-corrected chi connectivity index (χ3v) is 3.68. The number of ether oxygens (including phenoxy) is 2. The van der Waals surface area contributed by atoms with Crippen LogP contribution in [0.4, 0.5) is 0 Å². The van der Waals surface area contributed by atoms with E-state index in [2.05, 4.69) is 10.9 Å². The summed E-state index contributed by atoms with van der Waals surface area (Å²) < 4.78 is 15.1. The van der Waals surface area contributed by atoms with Gasteiger partial charge < -0.3 is 13.9 Å². The zero-order chi connectivity index (χ0) is 19.2. The van der Waals surface area contributed by atoms with Crippen molar-refractivity contribution in [3.8, 4) is 5.75 Å². The normalized spacial score (nSPS) is 10.3. The molecule has 138 valence electrons. The van der Waals surface area contributed by atoms with Crippen molar-refractivity contribution < 1.29 is 28.3 Å². The van der Waals surface area contributed by atoms with E-state index in [0.717, 1.165) is 10.8 Å². The summed E-state index contributed by atoms with van der Waals surface area (Å²) in [7, 11) is 1.44. The number of amides is 2. The Morgan fingerprint density at radius 3 is 2.41 bits per heavy atom. The van der Waals surface area contributed by atoms with E-state index in [4.69, 9.17) is 13.9 Å². The summed E-state index contributed by atoms with van der Waals surface area (Å²) >= 11 is 0. The number of hydrogen-bond donors (Lipinski definition) is 2. The topological polar surface area (TPSA) is 107 Å². The number of furan rings is 1. The molecule has 27 heavy (non-hydrogen) atoms. The minimum absolute atomic E-state index is 0.0354. The van der Waals surface area contributed by atoms with Gasteiger partial charge in [-0.1, -0.05) is 24.3 Å². The second-order valence-corrected chi connectivity index (χ2v) is 5.46. The van der Waals surface area contributed by atoms with Crippen molar-refractivity contribution >= 4 is 28.6 Å². The highest BCUT2D eigenvalue weighted by Gasteiger charge is 2.17. The Morgan fingerprint density at radius 1 is 1.00 bits per heavy atom. The fourth-order valence-corrected chi connectivity index (χ4v) is 2.39. The van der Waals surface area contributed by atoms with E-state index in [1.807, 2.05) is 24.3 Å². The van der Waals surface area contributed by atoms with Crippen LogP contribution in [0, 0.1) is 0 Å². The summed E-state index contributed by atoms with van der Waals surface area (Å²) in [6.07, 6.45) is 1.33. The molecule has 0 radical (unpaired) electrons. The van der Waals surface area contributed by atoms with Gasteiger partial charge >= 0.3 is 11.9 Å². The Hall–Kier alpha value is -3.81. The maximum absolute atomic E-state index is 12.3. The number of carbonyl (C=O) groups is 3. The molecule has 2 amide bonds. The van der Waals surface area contributed by atoms with Gasteiger partial charge in [-0.25, -0.2) is 4.79 Å². The van der Waals surface area contributed by atoms with Crippen LogP contribution < -0.4 is 15.6 Å². The molecule has 2 N–H and O–H groups in total. The number of carbonyl (C=O) groups excluding carboxylic acids is 3. The van der Waals surface area contributed by atoms with E-state index in [9.17, 15) is 14.4 Å². The third kappa shape index (κ3) is 4.24. The van der Waals surface area contributed by atoms with Gasteiger partial charge in [0.25, 0.3) is 5.91 Å². The molecule has 0 bridgehead atoms. The second kappa shape index (κ2) is 8.05. The van der Waals surface area contributed by atoms with Gasteiger partial charge in [0.15, 0.2) is 12.4 Å². The number of rotatable bonds is 5. The lowest BCUT2D eigenvalue weighted by molar-refractivity contribution is -0.125. The molecule has 0 fully saturated rings. The Kier molecular flexibility index (Phi) is 5.36. The molecule has 0 atom stereocenters. The Morgan fingerprint density at radius 2 is 1.74 bits per heavy atom. The lowest BCUT2D eigenvalue weighted by atomic mass is 10.1. The van der Waals surface area contributed by atoms with Gasteiger partial charge in [-0.2, -0.15) is 0 Å². The molecule has 0 aliphatic heterocycles. The Balaban J connectivity index is 1.59. The molecule has 1 heterocycles. The van der Waals surface area contributed by atoms with E-state index in [-0.39, 0.29) is 11.3 Å². The molecule has 2 aromatic carbocycles. The lowest BCUT2D eigenvalue weighted by Crippen LogP contribution is -2.43. The average Bonchev–Trinajstić information content (AvgIpc) is 3.24. The molecule has 1 aromatic heterocycles. The zero-order valence-corrected chi connectivity index (χ0v) is 14.4. The van der Waals surface area contributed by atoms with Gasteiger partial charge in [0.2, 0.25) is 0 Å². The molecule has 3 rings (SSSR count). The van der Waals surface area contributed by atoms with Gasteiger partial charge in [-0.05, 0) is 35.0 Å². The van der Waals surface area contributed by atoms with Crippen LogP contribution in [0.25, 0.3) is 10.8 Å². The molecule has 0 spiro atoms. The summed E-state index contributed by atoms with van der Waals surface area (Å²) in [6, 6.07) is 13.8. The minimum atomic E-state index is -0.717. The van der Waals surface area contributed by atoms with Crippen LogP contribution in [0.5, 0.6) is 5.75 Å². The van der Waals surface area contributed by atoms with Crippen molar-refractivity contribution in [2.75, 3.05) is 13.7 Å². The highest BCUT2D eigenvalue weighted by molar-refractivity contribution is 5.99. The fraction of sp³-hybridized carbons (Fsp3) is 0.105. The molecular weight excluding hydrogens is 352 g/mol. The third-order valence-electron chi connectivity index (χ3n) is 3.68. The predicted molar refractivity (Wildman–Crippen MR) is 95.1 cm³/mol. The molecule has 3 aromatic rings. The van der Waals surface area contributed by atoms with E-state index in [1.54, 1.807) is 12.1 Å². The Labute approximate surface area is 154 Å². The molecule has 8 heteroatoms. The average molecular weight is 368 g/mol. The van der Waals surface area contributed by atoms with Gasteiger partial charge in [0.1, 0.15) is 11.3 Å². The van der Waals surface area contributed by atoms with E-state index in [0.29, 0.717) is 5.75 Å². The Bertz CT molecular complexity index is 981. The highest BCUT2D eigenvalue weighted by Crippen LogP contribution is 2.26. The predicted octanol–water partition coefficient (Wildman–Crippen LogP) is 2.06. The number of fused-ring (bicyclic) bond motifs is 1. The van der Waals surface area contributed by atoms with Crippen LogP contribution in [0.3, 0.4) is 0 Å². The van der Waals surface area contributed by atoms with Crippen LogP contribution in [-0.4, -0.2) is 31.5 Å². The summed E-state index contributed by atoms with van der Waals surface area (Å²) in [5, 5.41) is 1.74. The van der Waals surface area contributed by atoms with Crippen molar-refractivity contribution in [1.82, 2.24) is 10.9 Å². The SMILES string of the molecule is COc1cc2ccccc2cc1C(=O)OCC(=O)NNC(=O)c1ccco1. The van der Waals surface area contributed by atoms with Crippen molar-refractivity contribution in [1.29, 1.82) is 0 Å². The van der Waals surface area contributed by atoms with E-state index < -0.39 is 24.4 Å². The van der Waals surface area contributed by atoms with Crippen molar-refractivity contribution in [3.05, 3.63) is 66.1 Å². The molecule has 0 unspecified atom stereocenters. The standard InChI is InChI=1S/C19H16N2O6/c1-25-16-10-13-6-3-2-5-12(13)9-14(16)19(24)27-11-17(22)20-21-18(23)15-7-4-8-26-15/h2-10H,11H2,1H3,(H,20,22)(H,21,23). The van der Waals surface area contributed by atoms with Crippen LogP contribution in [0.1, 0.15) is 20.9 Å². The van der Waals surface area contributed by atoms with E-state index >= 15 is 0 Å². The summed E-state index contributed by atoms with van der Waals surface area (Å²) in [6.45, 7) is -0.576. The number of nitrogens with one attached hydrogen (secondary N) is 2. The minimum Gasteiger partial charge on any atom is -0.496 e. The summed E-state index contributed by atoms with van der Waals surface area (Å²) in [5.74, 6) is -1.68. The van der Waals surface area contributed by atoms with Crippen molar-refractivity contribution in [3.63, 3.8) is 0 Å². The molecule has 0 saturated heterocycles. The number of methoxy groups -OCH3 is 1. The maximum atomic E-state index is 12.3. The summed E-state index contributed by atoms with van der Waals surface area (Å²) in [5.41, 5.74) is 4.47. The van der Waals surface area contributed by atoms with Crippen LogP contribution in [-0.2, 0) is 9.53 Å². The number of esters is 1. The monoisotopic (exact) mass is 368 g/mol. The van der Waals surface area contributed by atoms with Crippen molar-refractivity contribution in [2.24, 2.45) is 0 Å². The first-order valence-electron chi connectivity index (χ1n) is 7.95. The van der Waals surface area contributed by atoms with Crippen LogP contribution >= 0.6 is 0 Å². The number of benzene rings is 2. The fourth-order valence-electron chi connectivity index (χ4n) is 2.39. The summed E-state index contributed by atoms with van der Waals surface area (Å²) in [4.78, 5) is 35.7. The smallest absolute Gasteiger partial charge is 0.342 e. The first kappa shape index (κ1) is 18.0. The largest absolute Gasteiger partial charge is 0.496 e. The first-order valence-corrected chi connectivity index (χ1v) is 7.95. The molecule has 8 nitrogen and oxygen atoms in total. The second-order valence-electron chi connectivity index (χ2n) is 5.46. The van der Waals surface area contributed by atoms with Gasteiger partial charge in [-0.15, -0.1) is 0 Å². The molecular formula is C19H16N2O6. The van der Waals surface area contributed by atoms with Gasteiger partial charge in [0.05, 0.1) is 13.4 Å². The highest BCUT2D eigenvalue weighted by atomic mass is 16.5. The molecule has 0 aliphatic rings. The quantitative estimate of drug-likeness (QED) is 0.527. The zero-order valence-electron chi connectivity index (χ0n) is 14.4. The first-order chi connectivity index (χ1) is 13.1. The van der Waals surface area contributed by atoms with E-state index in [1.165, 1.54) is 25.5 Å². The lowest BCUT2D eigenvalue weighted by Gasteiger charge is -2.11. The van der Waals surface area contributed by atoms with Gasteiger partial charge in [-0.3, -0.25) is 20.4 Å². The van der Waals surface area contributed by atoms with Crippen molar-refractivity contribution in [2.45, 2.75) is 0 Å².